The third-order valence-electron chi connectivity index (χ3n) is 5.04. The van der Waals surface area contributed by atoms with E-state index in [0.717, 1.165) is 23.1 Å². The van der Waals surface area contributed by atoms with Gasteiger partial charge in [0, 0.05) is 11.7 Å². The third kappa shape index (κ3) is 3.66. The first-order valence-corrected chi connectivity index (χ1v) is 8.83. The SMILES string of the molecule is CCOC(=O)c1ccc(NC(=S)NC2CC3CCC2C3)c(C)c1. The summed E-state index contributed by atoms with van der Waals surface area (Å²) in [7, 11) is 0. The molecule has 3 rings (SSSR count). The summed E-state index contributed by atoms with van der Waals surface area (Å²) in [5.41, 5.74) is 2.48. The fourth-order valence-electron chi connectivity index (χ4n) is 3.89. The van der Waals surface area contributed by atoms with Crippen LogP contribution in [-0.4, -0.2) is 23.7 Å². The first kappa shape index (κ1) is 16.2. The van der Waals surface area contributed by atoms with Crippen molar-refractivity contribution in [2.75, 3.05) is 11.9 Å². The lowest BCUT2D eigenvalue weighted by atomic mass is 9.95. The number of hydrogen-bond donors (Lipinski definition) is 2. The smallest absolute Gasteiger partial charge is 0.338 e. The van der Waals surface area contributed by atoms with E-state index in [0.29, 0.717) is 23.3 Å². The number of benzene rings is 1. The van der Waals surface area contributed by atoms with Crippen molar-refractivity contribution in [1.82, 2.24) is 5.32 Å². The van der Waals surface area contributed by atoms with Crippen molar-refractivity contribution in [1.29, 1.82) is 0 Å². The molecule has 0 radical (unpaired) electrons. The molecule has 0 spiro atoms. The van der Waals surface area contributed by atoms with Gasteiger partial charge in [-0.1, -0.05) is 6.42 Å². The molecule has 0 heterocycles. The van der Waals surface area contributed by atoms with E-state index in [-0.39, 0.29) is 5.97 Å². The fourth-order valence-corrected chi connectivity index (χ4v) is 4.15. The minimum Gasteiger partial charge on any atom is -0.462 e. The van der Waals surface area contributed by atoms with Gasteiger partial charge in [-0.3, -0.25) is 0 Å². The lowest BCUT2D eigenvalue weighted by molar-refractivity contribution is 0.0526. The zero-order valence-electron chi connectivity index (χ0n) is 13.7. The number of hydrogen-bond acceptors (Lipinski definition) is 3. The topological polar surface area (TPSA) is 50.4 Å². The van der Waals surface area contributed by atoms with Gasteiger partial charge in [-0.25, -0.2) is 4.79 Å². The number of thiocarbonyl (C=S) groups is 1. The van der Waals surface area contributed by atoms with E-state index in [1.54, 1.807) is 13.0 Å². The van der Waals surface area contributed by atoms with Crippen molar-refractivity contribution in [3.8, 4) is 0 Å². The Balaban J connectivity index is 1.59. The van der Waals surface area contributed by atoms with Gasteiger partial charge >= 0.3 is 5.97 Å². The molecule has 0 amide bonds. The Morgan fingerprint density at radius 3 is 2.78 bits per heavy atom. The maximum absolute atomic E-state index is 11.8. The number of aryl methyl sites for hydroxylation is 1. The summed E-state index contributed by atoms with van der Waals surface area (Å²) < 4.78 is 5.02. The van der Waals surface area contributed by atoms with Crippen LogP contribution in [0.25, 0.3) is 0 Å². The van der Waals surface area contributed by atoms with E-state index in [1.807, 2.05) is 19.1 Å². The number of ether oxygens (including phenoxy) is 1. The van der Waals surface area contributed by atoms with Gasteiger partial charge < -0.3 is 15.4 Å². The Hall–Kier alpha value is -1.62. The minimum absolute atomic E-state index is 0.287. The van der Waals surface area contributed by atoms with E-state index in [9.17, 15) is 4.79 Å². The predicted octanol–water partition coefficient (Wildman–Crippen LogP) is 3.65. The van der Waals surface area contributed by atoms with E-state index in [1.165, 1.54) is 25.7 Å². The van der Waals surface area contributed by atoms with Crippen LogP contribution < -0.4 is 10.6 Å². The highest BCUT2D eigenvalue weighted by atomic mass is 32.1. The van der Waals surface area contributed by atoms with Crippen LogP contribution >= 0.6 is 12.2 Å². The molecule has 4 nitrogen and oxygen atoms in total. The van der Waals surface area contributed by atoms with E-state index in [4.69, 9.17) is 17.0 Å². The molecule has 3 atom stereocenters. The Labute approximate surface area is 143 Å². The molecule has 2 fully saturated rings. The highest BCUT2D eigenvalue weighted by Crippen LogP contribution is 2.44. The lowest BCUT2D eigenvalue weighted by Crippen LogP contribution is -2.40. The van der Waals surface area contributed by atoms with Crippen LogP contribution in [0.1, 0.15) is 48.5 Å². The molecule has 2 aliphatic rings. The quantitative estimate of drug-likeness (QED) is 0.651. The zero-order chi connectivity index (χ0) is 16.4. The van der Waals surface area contributed by atoms with Gasteiger partial charge in [-0.2, -0.15) is 0 Å². The predicted molar refractivity (Wildman–Crippen MR) is 95.7 cm³/mol. The van der Waals surface area contributed by atoms with Crippen LogP contribution in [0.3, 0.4) is 0 Å². The molecule has 0 aromatic heterocycles. The van der Waals surface area contributed by atoms with Crippen LogP contribution in [0, 0.1) is 18.8 Å². The highest BCUT2D eigenvalue weighted by Gasteiger charge is 2.39. The molecule has 5 heteroatoms. The summed E-state index contributed by atoms with van der Waals surface area (Å²) in [6.07, 6.45) is 5.32. The number of fused-ring (bicyclic) bond motifs is 2. The Bertz CT molecular complexity index is 617. The molecule has 2 saturated carbocycles. The maximum Gasteiger partial charge on any atom is 0.338 e. The second kappa shape index (κ2) is 6.87. The van der Waals surface area contributed by atoms with E-state index in [2.05, 4.69) is 10.6 Å². The first-order valence-electron chi connectivity index (χ1n) is 8.42. The molecule has 2 aliphatic carbocycles. The maximum atomic E-state index is 11.8. The van der Waals surface area contributed by atoms with E-state index < -0.39 is 0 Å². The molecule has 2 N–H and O–H groups in total. The van der Waals surface area contributed by atoms with Gasteiger partial charge in [0.05, 0.1) is 12.2 Å². The Kier molecular flexibility index (Phi) is 4.85. The summed E-state index contributed by atoms with van der Waals surface area (Å²) in [6.45, 7) is 4.15. The average Bonchev–Trinajstić information content (AvgIpc) is 3.12. The average molecular weight is 332 g/mol. The van der Waals surface area contributed by atoms with Crippen molar-refractivity contribution in [2.45, 2.75) is 45.6 Å². The first-order chi connectivity index (χ1) is 11.1. The number of rotatable bonds is 4. The van der Waals surface area contributed by atoms with Gasteiger partial charge in [0.15, 0.2) is 5.11 Å². The Morgan fingerprint density at radius 1 is 1.35 bits per heavy atom. The van der Waals surface area contributed by atoms with Crippen LogP contribution in [0.2, 0.25) is 0 Å². The molecule has 3 unspecified atom stereocenters. The molecule has 2 bridgehead atoms. The van der Waals surface area contributed by atoms with Gasteiger partial charge in [-0.05, 0) is 80.9 Å². The summed E-state index contributed by atoms with van der Waals surface area (Å²) >= 11 is 5.46. The number of anilines is 1. The molecular weight excluding hydrogens is 308 g/mol. The normalized spacial score (nSPS) is 25.2. The van der Waals surface area contributed by atoms with Crippen molar-refractivity contribution < 1.29 is 9.53 Å². The molecule has 124 valence electrons. The minimum atomic E-state index is -0.287. The Morgan fingerprint density at radius 2 is 2.17 bits per heavy atom. The van der Waals surface area contributed by atoms with Crippen molar-refractivity contribution in [2.24, 2.45) is 11.8 Å². The van der Waals surface area contributed by atoms with Crippen molar-refractivity contribution in [3.05, 3.63) is 29.3 Å². The van der Waals surface area contributed by atoms with Gasteiger partial charge in [0.25, 0.3) is 0 Å². The van der Waals surface area contributed by atoms with Gasteiger partial charge in [-0.15, -0.1) is 0 Å². The largest absolute Gasteiger partial charge is 0.462 e. The number of nitrogens with one attached hydrogen (secondary N) is 2. The number of esters is 1. The highest BCUT2D eigenvalue weighted by molar-refractivity contribution is 7.80. The van der Waals surface area contributed by atoms with Crippen molar-refractivity contribution >= 4 is 29.0 Å². The van der Waals surface area contributed by atoms with Crippen LogP contribution in [0.4, 0.5) is 5.69 Å². The lowest BCUT2D eigenvalue weighted by Gasteiger charge is -2.25. The molecule has 0 aliphatic heterocycles. The zero-order valence-corrected chi connectivity index (χ0v) is 14.5. The summed E-state index contributed by atoms with van der Waals surface area (Å²) in [5, 5.41) is 7.41. The molecule has 23 heavy (non-hydrogen) atoms. The standard InChI is InChI=1S/C18H24N2O2S/c1-3-22-17(21)14-6-7-15(11(2)8-14)19-18(23)20-16-10-12-4-5-13(16)9-12/h6-8,12-13,16H,3-5,9-10H2,1-2H3,(H2,19,20,23). The van der Waals surface area contributed by atoms with E-state index >= 15 is 0 Å². The summed E-state index contributed by atoms with van der Waals surface area (Å²) in [6, 6.07) is 6.01. The van der Waals surface area contributed by atoms with Crippen molar-refractivity contribution in [3.63, 3.8) is 0 Å². The molecule has 1 aromatic carbocycles. The number of carbonyl (C=O) groups excluding carboxylic acids is 1. The number of carbonyl (C=O) groups is 1. The summed E-state index contributed by atoms with van der Waals surface area (Å²) in [4.78, 5) is 11.8. The second-order valence-electron chi connectivity index (χ2n) is 6.63. The molecule has 0 saturated heterocycles. The van der Waals surface area contributed by atoms with Gasteiger partial charge in [0.1, 0.15) is 0 Å². The van der Waals surface area contributed by atoms with Gasteiger partial charge in [0.2, 0.25) is 0 Å². The molecular formula is C18H24N2O2S. The van der Waals surface area contributed by atoms with Crippen LogP contribution in [-0.2, 0) is 4.74 Å². The van der Waals surface area contributed by atoms with Crippen LogP contribution in [0.5, 0.6) is 0 Å². The monoisotopic (exact) mass is 332 g/mol. The summed E-state index contributed by atoms with van der Waals surface area (Å²) in [5.74, 6) is 1.39. The fraction of sp³-hybridized carbons (Fsp3) is 0.556. The third-order valence-corrected chi connectivity index (χ3v) is 5.26. The molecule has 1 aromatic rings. The second-order valence-corrected chi connectivity index (χ2v) is 7.04. The van der Waals surface area contributed by atoms with Crippen LogP contribution in [0.15, 0.2) is 18.2 Å².